The predicted molar refractivity (Wildman–Crippen MR) is 38.8 cm³/mol. The average molecular weight is 132 g/mol. The molecule has 2 nitrogen and oxygen atoms in total. The van der Waals surface area contributed by atoms with Crippen LogP contribution in [-0.2, 0) is 4.74 Å². The van der Waals surface area contributed by atoms with Gasteiger partial charge in [0.1, 0.15) is 6.54 Å². The largest absolute Gasteiger partial charge is 0.376 e. The molecule has 9 heavy (non-hydrogen) atoms. The van der Waals surface area contributed by atoms with Crippen molar-refractivity contribution in [3.05, 3.63) is 0 Å². The van der Waals surface area contributed by atoms with Crippen LogP contribution in [0.4, 0.5) is 0 Å². The van der Waals surface area contributed by atoms with Crippen LogP contribution in [-0.4, -0.2) is 33.4 Å². The summed E-state index contributed by atoms with van der Waals surface area (Å²) in [7, 11) is 2.18. The fourth-order valence-electron chi connectivity index (χ4n) is 0.568. The molecule has 0 aliphatic heterocycles. The molecule has 56 valence electrons. The smallest absolute Gasteiger partial charge is 0.101 e. The Labute approximate surface area is 57.8 Å². The van der Waals surface area contributed by atoms with Crippen LogP contribution in [0.15, 0.2) is 0 Å². The molecule has 0 rings (SSSR count). The van der Waals surface area contributed by atoms with Crippen LogP contribution in [0.1, 0.15) is 13.8 Å². The highest BCUT2D eigenvalue weighted by Gasteiger charge is 1.94. The monoisotopic (exact) mass is 132 g/mol. The van der Waals surface area contributed by atoms with E-state index in [4.69, 9.17) is 4.74 Å². The molecule has 0 bridgehead atoms. The van der Waals surface area contributed by atoms with E-state index < -0.39 is 0 Å². The van der Waals surface area contributed by atoms with Gasteiger partial charge in [0.15, 0.2) is 0 Å². The number of ether oxygens (including phenoxy) is 1. The van der Waals surface area contributed by atoms with Gasteiger partial charge in [-0.05, 0) is 13.8 Å². The minimum atomic E-state index is 0.844. The molecule has 0 aromatic rings. The standard InChI is InChI=1S/C7H17NO/c1-4-8(3)6-7-9-5-2/h4-7H2,1-3H3/p+1. The Balaban J connectivity index is 2.88. The summed E-state index contributed by atoms with van der Waals surface area (Å²) in [4.78, 5) is 1.53. The molecular formula is C7H18NO+. The van der Waals surface area contributed by atoms with Gasteiger partial charge in [0, 0.05) is 6.61 Å². The van der Waals surface area contributed by atoms with Crippen LogP contribution < -0.4 is 4.90 Å². The maximum Gasteiger partial charge on any atom is 0.101 e. The Morgan fingerprint density at radius 3 is 2.44 bits per heavy atom. The molecule has 1 N–H and O–H groups in total. The second-order valence-electron chi connectivity index (χ2n) is 2.26. The van der Waals surface area contributed by atoms with Crippen molar-refractivity contribution in [3.63, 3.8) is 0 Å². The third-order valence-corrected chi connectivity index (χ3v) is 1.48. The highest BCUT2D eigenvalue weighted by molar-refractivity contribution is 4.22. The molecule has 0 amide bonds. The highest BCUT2D eigenvalue weighted by atomic mass is 16.5. The summed E-state index contributed by atoms with van der Waals surface area (Å²) in [6, 6.07) is 0. The van der Waals surface area contributed by atoms with Crippen molar-refractivity contribution in [2.24, 2.45) is 0 Å². The second kappa shape index (κ2) is 6.05. The van der Waals surface area contributed by atoms with Crippen LogP contribution in [0.3, 0.4) is 0 Å². The van der Waals surface area contributed by atoms with Crippen molar-refractivity contribution >= 4 is 0 Å². The summed E-state index contributed by atoms with van der Waals surface area (Å²) in [5.74, 6) is 0. The lowest BCUT2D eigenvalue weighted by atomic mass is 10.5. The highest BCUT2D eigenvalue weighted by Crippen LogP contribution is 1.65. The zero-order valence-electron chi connectivity index (χ0n) is 6.74. The molecule has 1 unspecified atom stereocenters. The molecule has 0 fully saturated rings. The zero-order chi connectivity index (χ0) is 7.11. The van der Waals surface area contributed by atoms with E-state index >= 15 is 0 Å². The summed E-state index contributed by atoms with van der Waals surface area (Å²) < 4.78 is 5.19. The summed E-state index contributed by atoms with van der Waals surface area (Å²) in [6.07, 6.45) is 0. The first-order chi connectivity index (χ1) is 4.31. The first kappa shape index (κ1) is 8.92. The Kier molecular flexibility index (Phi) is 5.99. The predicted octanol–water partition coefficient (Wildman–Crippen LogP) is -0.442. The van der Waals surface area contributed by atoms with Gasteiger partial charge in [-0.15, -0.1) is 0 Å². The van der Waals surface area contributed by atoms with E-state index in [1.165, 1.54) is 11.4 Å². The van der Waals surface area contributed by atoms with Gasteiger partial charge in [-0.3, -0.25) is 0 Å². The van der Waals surface area contributed by atoms with Gasteiger partial charge in [0.2, 0.25) is 0 Å². The van der Waals surface area contributed by atoms with Crippen molar-refractivity contribution in [2.45, 2.75) is 13.8 Å². The number of hydrogen-bond donors (Lipinski definition) is 1. The third-order valence-electron chi connectivity index (χ3n) is 1.48. The van der Waals surface area contributed by atoms with Gasteiger partial charge < -0.3 is 9.64 Å². The van der Waals surface area contributed by atoms with Gasteiger partial charge in [-0.25, -0.2) is 0 Å². The fraction of sp³-hybridized carbons (Fsp3) is 1.00. The van der Waals surface area contributed by atoms with E-state index in [1.54, 1.807) is 0 Å². The van der Waals surface area contributed by atoms with Crippen molar-refractivity contribution in [2.75, 3.05) is 33.4 Å². The molecule has 0 spiro atoms. The van der Waals surface area contributed by atoms with Crippen molar-refractivity contribution in [1.82, 2.24) is 0 Å². The van der Waals surface area contributed by atoms with Gasteiger partial charge >= 0.3 is 0 Å². The van der Waals surface area contributed by atoms with Crippen molar-refractivity contribution in [3.8, 4) is 0 Å². The lowest BCUT2D eigenvalue weighted by Gasteiger charge is -2.09. The van der Waals surface area contributed by atoms with E-state index in [2.05, 4.69) is 14.0 Å². The Hall–Kier alpha value is -0.0800. The van der Waals surface area contributed by atoms with E-state index in [9.17, 15) is 0 Å². The topological polar surface area (TPSA) is 13.7 Å². The van der Waals surface area contributed by atoms with Crippen LogP contribution in [0, 0.1) is 0 Å². The average Bonchev–Trinajstić information content (AvgIpc) is 1.89. The summed E-state index contributed by atoms with van der Waals surface area (Å²) in [5.41, 5.74) is 0. The minimum absolute atomic E-state index is 0.844. The number of likely N-dealkylation sites (N-methyl/N-ethyl adjacent to an activating group) is 1. The van der Waals surface area contributed by atoms with Gasteiger partial charge in [-0.1, -0.05) is 0 Å². The normalized spacial score (nSPS) is 13.7. The fourth-order valence-corrected chi connectivity index (χ4v) is 0.568. The molecule has 0 heterocycles. The molecule has 1 atom stereocenters. The lowest BCUT2D eigenvalue weighted by molar-refractivity contribution is -0.878. The minimum Gasteiger partial charge on any atom is -0.376 e. The van der Waals surface area contributed by atoms with E-state index in [1.807, 2.05) is 6.92 Å². The molecular weight excluding hydrogens is 114 g/mol. The number of quaternary nitrogens is 1. The maximum atomic E-state index is 5.19. The summed E-state index contributed by atoms with van der Waals surface area (Å²) in [6.45, 7) is 8.27. The molecule has 0 aromatic heterocycles. The van der Waals surface area contributed by atoms with E-state index in [-0.39, 0.29) is 0 Å². The van der Waals surface area contributed by atoms with Crippen molar-refractivity contribution in [1.29, 1.82) is 0 Å². The SMILES string of the molecule is CCOCC[NH+](C)CC. The Morgan fingerprint density at radius 2 is 2.00 bits per heavy atom. The molecule has 0 saturated heterocycles. The molecule has 0 aromatic carbocycles. The van der Waals surface area contributed by atoms with Gasteiger partial charge in [0.25, 0.3) is 0 Å². The molecule has 0 saturated carbocycles. The molecule has 0 aliphatic rings. The van der Waals surface area contributed by atoms with Crippen LogP contribution in [0.5, 0.6) is 0 Å². The third kappa shape index (κ3) is 5.80. The number of nitrogens with one attached hydrogen (secondary N) is 1. The number of hydrogen-bond acceptors (Lipinski definition) is 1. The Bertz CT molecular complexity index is 56.9. The van der Waals surface area contributed by atoms with E-state index in [0.29, 0.717) is 0 Å². The lowest BCUT2D eigenvalue weighted by Crippen LogP contribution is -3.09. The van der Waals surface area contributed by atoms with Crippen LogP contribution in [0.25, 0.3) is 0 Å². The first-order valence-electron chi connectivity index (χ1n) is 3.70. The second-order valence-corrected chi connectivity index (χ2v) is 2.26. The summed E-state index contributed by atoms with van der Waals surface area (Å²) in [5, 5.41) is 0. The van der Waals surface area contributed by atoms with Gasteiger partial charge in [-0.2, -0.15) is 0 Å². The van der Waals surface area contributed by atoms with Crippen LogP contribution in [0.2, 0.25) is 0 Å². The maximum absolute atomic E-state index is 5.19. The van der Waals surface area contributed by atoms with Gasteiger partial charge in [0.05, 0.1) is 20.2 Å². The molecule has 0 aliphatic carbocycles. The zero-order valence-corrected chi connectivity index (χ0v) is 6.74. The molecule has 0 radical (unpaired) electrons. The molecule has 2 heteroatoms. The summed E-state index contributed by atoms with van der Waals surface area (Å²) >= 11 is 0. The van der Waals surface area contributed by atoms with E-state index in [0.717, 1.165) is 19.8 Å². The quantitative estimate of drug-likeness (QED) is 0.501. The van der Waals surface area contributed by atoms with Crippen molar-refractivity contribution < 1.29 is 9.64 Å². The number of rotatable bonds is 5. The van der Waals surface area contributed by atoms with Crippen LogP contribution >= 0.6 is 0 Å². The first-order valence-corrected chi connectivity index (χ1v) is 3.70. The Morgan fingerprint density at radius 1 is 1.33 bits per heavy atom.